The molecule has 5 aliphatic rings. The van der Waals surface area contributed by atoms with E-state index in [0.29, 0.717) is 23.6 Å². The van der Waals surface area contributed by atoms with Crippen molar-refractivity contribution in [3.63, 3.8) is 0 Å². The van der Waals surface area contributed by atoms with Crippen LogP contribution >= 0.6 is 11.6 Å². The number of likely N-dealkylation sites (N-methyl/N-ethyl adjacent to an activating group) is 1. The Bertz CT molecular complexity index is 1250. The number of aliphatic hydroxyl groups is 1. The Labute approximate surface area is 216 Å². The zero-order chi connectivity index (χ0) is 24.8. The fourth-order valence-electron chi connectivity index (χ4n) is 7.98. The third-order valence-electron chi connectivity index (χ3n) is 9.87. The van der Waals surface area contributed by atoms with Crippen molar-refractivity contribution in [3.8, 4) is 11.5 Å². The summed E-state index contributed by atoms with van der Waals surface area (Å²) in [6.07, 6.45) is 5.27. The van der Waals surface area contributed by atoms with Crippen molar-refractivity contribution >= 4 is 17.5 Å². The summed E-state index contributed by atoms with van der Waals surface area (Å²) in [5.41, 5.74) is 1.50. The molecule has 1 amide bonds. The number of phenolic OH excluding ortho intramolecular Hbond substituents is 1. The minimum absolute atomic E-state index is 0.00615. The lowest BCUT2D eigenvalue weighted by Crippen LogP contribution is -2.78. The molecule has 7 heteroatoms. The van der Waals surface area contributed by atoms with E-state index in [-0.39, 0.29) is 30.2 Å². The zero-order valence-corrected chi connectivity index (χ0v) is 21.4. The number of aromatic hydroxyl groups is 1. The van der Waals surface area contributed by atoms with Crippen molar-refractivity contribution in [2.24, 2.45) is 5.92 Å². The normalized spacial score (nSPS) is 34.1. The molecule has 2 saturated carbocycles. The molecule has 7 rings (SSSR count). The van der Waals surface area contributed by atoms with E-state index in [0.717, 1.165) is 43.0 Å². The highest BCUT2D eigenvalue weighted by atomic mass is 35.5. The van der Waals surface area contributed by atoms with Crippen LogP contribution in [0.1, 0.15) is 48.8 Å². The van der Waals surface area contributed by atoms with E-state index < -0.39 is 17.1 Å². The van der Waals surface area contributed by atoms with Gasteiger partial charge in [-0.3, -0.25) is 9.69 Å². The van der Waals surface area contributed by atoms with Crippen molar-refractivity contribution in [2.45, 2.75) is 74.1 Å². The van der Waals surface area contributed by atoms with Crippen molar-refractivity contribution in [1.29, 1.82) is 0 Å². The molecule has 0 aromatic heterocycles. The molecule has 3 fully saturated rings. The van der Waals surface area contributed by atoms with Crippen LogP contribution in [0.5, 0.6) is 11.5 Å². The predicted octanol–water partition coefficient (Wildman–Crippen LogP) is 3.68. The quantitative estimate of drug-likeness (QED) is 0.644. The Morgan fingerprint density at radius 2 is 2.06 bits per heavy atom. The molecule has 2 N–H and O–H groups in total. The number of rotatable bonds is 5. The fraction of sp³-hybridized carbons (Fsp3) is 0.552. The average molecular weight is 509 g/mol. The standard InChI is InChI=1S/C29H33ClN2O4/c1-31(24(34)14-18-3-2-4-20(30)13-18)21-9-10-29(35)23-15-19-7-8-22(33)26-25(19)28(29,27(21)36-26)11-12-32(23)16-17-5-6-17/h2-4,7-8,13,17,21,23,27,33,35H,5-6,9-12,14-16H2,1H3/t21-,23+,27+,28+,29-/m1/s1. The maximum atomic E-state index is 13.5. The molecule has 2 bridgehead atoms. The predicted molar refractivity (Wildman–Crippen MR) is 137 cm³/mol. The largest absolute Gasteiger partial charge is 0.504 e. The topological polar surface area (TPSA) is 73.2 Å². The summed E-state index contributed by atoms with van der Waals surface area (Å²) in [4.78, 5) is 17.8. The van der Waals surface area contributed by atoms with Gasteiger partial charge in [0.2, 0.25) is 5.91 Å². The summed E-state index contributed by atoms with van der Waals surface area (Å²) in [7, 11) is 1.86. The summed E-state index contributed by atoms with van der Waals surface area (Å²) in [6.45, 7) is 1.96. The van der Waals surface area contributed by atoms with E-state index >= 15 is 0 Å². The van der Waals surface area contributed by atoms with Crippen molar-refractivity contribution in [1.82, 2.24) is 9.80 Å². The molecule has 2 aromatic rings. The molecule has 6 nitrogen and oxygen atoms in total. The Hall–Kier alpha value is -2.28. The SMILES string of the molecule is CN(C(=O)Cc1cccc(Cl)c1)[C@@H]1CC[C@@]2(O)[C@@H]3Cc4ccc(O)c5c4[C@@]2(CCN3CC2CC2)[C@H]1O5. The summed E-state index contributed by atoms with van der Waals surface area (Å²) >= 11 is 6.15. The Balaban J connectivity index is 1.26. The highest BCUT2D eigenvalue weighted by Gasteiger charge is 2.73. The summed E-state index contributed by atoms with van der Waals surface area (Å²) < 4.78 is 6.61. The van der Waals surface area contributed by atoms with Gasteiger partial charge in [-0.25, -0.2) is 0 Å². The molecule has 36 heavy (non-hydrogen) atoms. The van der Waals surface area contributed by atoms with Gasteiger partial charge in [-0.05, 0) is 80.3 Å². The molecule has 3 aliphatic carbocycles. The van der Waals surface area contributed by atoms with Gasteiger partial charge in [-0.15, -0.1) is 0 Å². The first-order chi connectivity index (χ1) is 17.3. The number of amides is 1. The number of carbonyl (C=O) groups excluding carboxylic acids is 1. The molecule has 2 aliphatic heterocycles. The second kappa shape index (κ2) is 7.86. The molecule has 5 atom stereocenters. The fourth-order valence-corrected chi connectivity index (χ4v) is 8.20. The number of halogens is 1. The second-order valence-corrected chi connectivity index (χ2v) is 12.1. The molecule has 0 unspecified atom stereocenters. The monoisotopic (exact) mass is 508 g/mol. The first kappa shape index (κ1) is 22.9. The second-order valence-electron chi connectivity index (χ2n) is 11.7. The molecular weight excluding hydrogens is 476 g/mol. The molecule has 1 spiro atoms. The summed E-state index contributed by atoms with van der Waals surface area (Å²) in [5, 5.41) is 24.0. The number of benzene rings is 2. The Morgan fingerprint density at radius 1 is 1.22 bits per heavy atom. The van der Waals surface area contributed by atoms with E-state index in [4.69, 9.17) is 16.3 Å². The van der Waals surface area contributed by atoms with Gasteiger partial charge < -0.3 is 19.8 Å². The lowest BCUT2D eigenvalue weighted by Gasteiger charge is -2.64. The Kier molecular flexibility index (Phi) is 5.00. The molecule has 2 aromatic carbocycles. The molecule has 0 radical (unpaired) electrons. The van der Waals surface area contributed by atoms with Crippen LogP contribution in [0.25, 0.3) is 0 Å². The van der Waals surface area contributed by atoms with Gasteiger partial charge in [0.05, 0.1) is 23.5 Å². The Morgan fingerprint density at radius 3 is 2.83 bits per heavy atom. The number of piperidine rings is 1. The highest BCUT2D eigenvalue weighted by molar-refractivity contribution is 6.30. The number of likely N-dealkylation sites (tertiary alicyclic amines) is 1. The van der Waals surface area contributed by atoms with Crippen LogP contribution in [-0.4, -0.2) is 69.8 Å². The van der Waals surface area contributed by atoms with Crippen LogP contribution < -0.4 is 4.74 Å². The van der Waals surface area contributed by atoms with E-state index in [9.17, 15) is 15.0 Å². The molecule has 1 saturated heterocycles. The van der Waals surface area contributed by atoms with Crippen molar-refractivity contribution in [2.75, 3.05) is 20.1 Å². The average Bonchev–Trinajstić information content (AvgIpc) is 3.59. The van der Waals surface area contributed by atoms with Gasteiger partial charge >= 0.3 is 0 Å². The van der Waals surface area contributed by atoms with Crippen LogP contribution in [-0.2, 0) is 23.1 Å². The van der Waals surface area contributed by atoms with Crippen molar-refractivity contribution in [3.05, 3.63) is 58.1 Å². The van der Waals surface area contributed by atoms with Crippen molar-refractivity contribution < 1.29 is 19.7 Å². The van der Waals surface area contributed by atoms with E-state index in [2.05, 4.69) is 4.90 Å². The smallest absolute Gasteiger partial charge is 0.227 e. The van der Waals surface area contributed by atoms with Gasteiger partial charge in [0.1, 0.15) is 6.10 Å². The minimum Gasteiger partial charge on any atom is -0.504 e. The number of carbonyl (C=O) groups is 1. The summed E-state index contributed by atoms with van der Waals surface area (Å²) in [5.74, 6) is 1.41. The third kappa shape index (κ3) is 3.07. The van der Waals surface area contributed by atoms with Crippen LogP contribution in [0.2, 0.25) is 5.02 Å². The molecular formula is C29H33ClN2O4. The lowest BCUT2D eigenvalue weighted by atomic mass is 9.48. The van der Waals surface area contributed by atoms with Crippen LogP contribution in [0.15, 0.2) is 36.4 Å². The first-order valence-electron chi connectivity index (χ1n) is 13.3. The van der Waals surface area contributed by atoms with E-state index in [1.54, 1.807) is 6.07 Å². The number of hydrogen-bond donors (Lipinski definition) is 2. The first-order valence-corrected chi connectivity index (χ1v) is 13.7. The number of nitrogens with zero attached hydrogens (tertiary/aromatic N) is 2. The minimum atomic E-state index is -0.940. The van der Waals surface area contributed by atoms with Crippen LogP contribution in [0.4, 0.5) is 0 Å². The molecule has 190 valence electrons. The van der Waals surface area contributed by atoms with Gasteiger partial charge in [0.15, 0.2) is 11.5 Å². The maximum Gasteiger partial charge on any atom is 0.227 e. The number of phenols is 1. The number of ether oxygens (including phenoxy) is 1. The van der Waals surface area contributed by atoms with E-state index in [1.165, 1.54) is 18.4 Å². The van der Waals surface area contributed by atoms with Crippen LogP contribution in [0, 0.1) is 5.92 Å². The van der Waals surface area contributed by atoms with Gasteiger partial charge in [0, 0.05) is 30.2 Å². The van der Waals surface area contributed by atoms with Gasteiger partial charge in [0.25, 0.3) is 0 Å². The lowest BCUT2D eigenvalue weighted by molar-refractivity contribution is -0.200. The maximum absolute atomic E-state index is 13.5. The molecule has 2 heterocycles. The van der Waals surface area contributed by atoms with Crippen LogP contribution in [0.3, 0.4) is 0 Å². The number of hydrogen-bond acceptors (Lipinski definition) is 5. The van der Waals surface area contributed by atoms with E-state index in [1.807, 2.05) is 42.3 Å². The highest BCUT2D eigenvalue weighted by Crippen LogP contribution is 2.66. The van der Waals surface area contributed by atoms with Gasteiger partial charge in [-0.2, -0.15) is 0 Å². The van der Waals surface area contributed by atoms with Gasteiger partial charge in [-0.1, -0.05) is 29.8 Å². The third-order valence-corrected chi connectivity index (χ3v) is 10.1. The summed E-state index contributed by atoms with van der Waals surface area (Å²) in [6, 6.07) is 11.0. The zero-order valence-electron chi connectivity index (χ0n) is 20.6.